The zero-order valence-electron chi connectivity index (χ0n) is 9.00. The highest BCUT2D eigenvalue weighted by molar-refractivity contribution is 6.32. The topological polar surface area (TPSA) is 44.5 Å². The van der Waals surface area contributed by atoms with Crippen LogP contribution >= 0.6 is 11.6 Å². The van der Waals surface area contributed by atoms with Crippen molar-refractivity contribution in [2.24, 2.45) is 5.73 Å². The predicted octanol–water partition coefficient (Wildman–Crippen LogP) is 2.00. The van der Waals surface area contributed by atoms with E-state index in [9.17, 15) is 0 Å². The summed E-state index contributed by atoms with van der Waals surface area (Å²) in [4.78, 5) is 0. The molecule has 0 aliphatic heterocycles. The summed E-state index contributed by atoms with van der Waals surface area (Å²) in [6.07, 6.45) is -0.157. The van der Waals surface area contributed by atoms with Gasteiger partial charge in [0, 0.05) is 13.7 Å². The number of benzene rings is 1. The van der Waals surface area contributed by atoms with Crippen molar-refractivity contribution < 1.29 is 9.47 Å². The highest BCUT2D eigenvalue weighted by Crippen LogP contribution is 2.25. The molecule has 84 valence electrons. The van der Waals surface area contributed by atoms with Crippen molar-refractivity contribution in [1.29, 1.82) is 0 Å². The summed E-state index contributed by atoms with van der Waals surface area (Å²) < 4.78 is 10.6. The van der Waals surface area contributed by atoms with Crippen LogP contribution in [0.5, 0.6) is 5.75 Å². The Hall–Kier alpha value is -0.770. The first-order chi connectivity index (χ1) is 7.17. The van der Waals surface area contributed by atoms with Crippen molar-refractivity contribution in [3.8, 4) is 5.75 Å². The molecular formula is C11H16ClNO2. The van der Waals surface area contributed by atoms with Crippen LogP contribution in [0.4, 0.5) is 0 Å². The molecule has 0 aliphatic rings. The average molecular weight is 230 g/mol. The van der Waals surface area contributed by atoms with Crippen LogP contribution in [-0.4, -0.2) is 26.4 Å². The standard InChI is InChI=1S/C11H16ClNO2/c1-8-3-4-11(10(12)5-8)15-9(6-13)7-14-2/h3-5,9H,6-7,13H2,1-2H3. The Morgan fingerprint density at radius 3 is 2.73 bits per heavy atom. The minimum Gasteiger partial charge on any atom is -0.485 e. The summed E-state index contributed by atoms with van der Waals surface area (Å²) in [5.41, 5.74) is 6.64. The van der Waals surface area contributed by atoms with Gasteiger partial charge in [-0.25, -0.2) is 0 Å². The third-order valence-corrected chi connectivity index (χ3v) is 2.29. The smallest absolute Gasteiger partial charge is 0.138 e. The molecule has 0 saturated heterocycles. The van der Waals surface area contributed by atoms with E-state index < -0.39 is 0 Å². The lowest BCUT2D eigenvalue weighted by Gasteiger charge is -2.17. The molecule has 1 atom stereocenters. The number of nitrogens with two attached hydrogens (primary N) is 1. The van der Waals surface area contributed by atoms with Crippen molar-refractivity contribution >= 4 is 11.6 Å². The van der Waals surface area contributed by atoms with E-state index in [1.54, 1.807) is 7.11 Å². The second kappa shape index (κ2) is 5.95. The van der Waals surface area contributed by atoms with Crippen LogP contribution in [0.2, 0.25) is 5.02 Å². The molecule has 0 bridgehead atoms. The third kappa shape index (κ3) is 3.70. The van der Waals surface area contributed by atoms with E-state index in [2.05, 4.69) is 0 Å². The summed E-state index contributed by atoms with van der Waals surface area (Å²) in [7, 11) is 1.61. The van der Waals surface area contributed by atoms with Crippen molar-refractivity contribution in [3.05, 3.63) is 28.8 Å². The van der Waals surface area contributed by atoms with Gasteiger partial charge in [0.15, 0.2) is 0 Å². The molecule has 0 radical (unpaired) electrons. The van der Waals surface area contributed by atoms with E-state index in [1.807, 2.05) is 25.1 Å². The van der Waals surface area contributed by atoms with Crippen LogP contribution in [0.25, 0.3) is 0 Å². The van der Waals surface area contributed by atoms with Crippen molar-refractivity contribution in [2.45, 2.75) is 13.0 Å². The lowest BCUT2D eigenvalue weighted by atomic mass is 10.2. The average Bonchev–Trinajstić information content (AvgIpc) is 2.21. The summed E-state index contributed by atoms with van der Waals surface area (Å²) in [6, 6.07) is 5.65. The van der Waals surface area contributed by atoms with Crippen LogP contribution in [0.15, 0.2) is 18.2 Å². The van der Waals surface area contributed by atoms with Gasteiger partial charge in [-0.3, -0.25) is 0 Å². The van der Waals surface area contributed by atoms with Gasteiger partial charge in [-0.05, 0) is 24.6 Å². The Bertz CT molecular complexity index is 317. The van der Waals surface area contributed by atoms with Gasteiger partial charge in [-0.2, -0.15) is 0 Å². The Kier molecular flexibility index (Phi) is 4.88. The molecule has 0 fully saturated rings. The second-order valence-electron chi connectivity index (χ2n) is 3.36. The molecule has 0 saturated carbocycles. The van der Waals surface area contributed by atoms with Crippen LogP contribution in [0, 0.1) is 6.92 Å². The summed E-state index contributed by atoms with van der Waals surface area (Å²) in [5, 5.41) is 0.601. The number of ether oxygens (including phenoxy) is 2. The van der Waals surface area contributed by atoms with E-state index in [1.165, 1.54) is 0 Å². The lowest BCUT2D eigenvalue weighted by Crippen LogP contribution is -2.31. The van der Waals surface area contributed by atoms with E-state index in [-0.39, 0.29) is 6.10 Å². The molecule has 1 aromatic rings. The SMILES string of the molecule is COCC(CN)Oc1ccc(C)cc1Cl. The van der Waals surface area contributed by atoms with E-state index in [0.29, 0.717) is 23.9 Å². The normalized spacial score (nSPS) is 12.5. The number of rotatable bonds is 5. The number of halogens is 1. The highest BCUT2D eigenvalue weighted by atomic mass is 35.5. The number of hydrogen-bond donors (Lipinski definition) is 1. The monoisotopic (exact) mass is 229 g/mol. The molecule has 1 rings (SSSR count). The zero-order valence-corrected chi connectivity index (χ0v) is 9.75. The van der Waals surface area contributed by atoms with Crippen LogP contribution in [0.1, 0.15) is 5.56 Å². The molecular weight excluding hydrogens is 214 g/mol. The van der Waals surface area contributed by atoms with Gasteiger partial charge in [0.2, 0.25) is 0 Å². The molecule has 4 heteroatoms. The van der Waals surface area contributed by atoms with Crippen LogP contribution in [-0.2, 0) is 4.74 Å². The first-order valence-corrected chi connectivity index (χ1v) is 5.17. The Morgan fingerprint density at radius 1 is 1.47 bits per heavy atom. The van der Waals surface area contributed by atoms with Gasteiger partial charge in [-0.15, -0.1) is 0 Å². The fourth-order valence-corrected chi connectivity index (χ4v) is 1.50. The number of aryl methyl sites for hydroxylation is 1. The van der Waals surface area contributed by atoms with E-state index in [4.69, 9.17) is 26.8 Å². The largest absolute Gasteiger partial charge is 0.485 e. The molecule has 1 aromatic carbocycles. The van der Waals surface area contributed by atoms with Gasteiger partial charge in [-0.1, -0.05) is 17.7 Å². The molecule has 2 N–H and O–H groups in total. The fraction of sp³-hybridized carbons (Fsp3) is 0.455. The maximum Gasteiger partial charge on any atom is 0.138 e. The Labute approximate surface area is 95.1 Å². The quantitative estimate of drug-likeness (QED) is 0.840. The van der Waals surface area contributed by atoms with Crippen molar-refractivity contribution in [1.82, 2.24) is 0 Å². The molecule has 15 heavy (non-hydrogen) atoms. The van der Waals surface area contributed by atoms with Gasteiger partial charge >= 0.3 is 0 Å². The van der Waals surface area contributed by atoms with Crippen molar-refractivity contribution in [2.75, 3.05) is 20.3 Å². The predicted molar refractivity (Wildman–Crippen MR) is 61.5 cm³/mol. The summed E-state index contributed by atoms with van der Waals surface area (Å²) in [6.45, 7) is 2.84. The summed E-state index contributed by atoms with van der Waals surface area (Å²) >= 11 is 6.02. The molecule has 0 heterocycles. The highest BCUT2D eigenvalue weighted by Gasteiger charge is 2.10. The minimum absolute atomic E-state index is 0.157. The third-order valence-electron chi connectivity index (χ3n) is 2.00. The first-order valence-electron chi connectivity index (χ1n) is 4.79. The molecule has 0 amide bonds. The van der Waals surface area contributed by atoms with Crippen LogP contribution in [0.3, 0.4) is 0 Å². The first kappa shape index (κ1) is 12.3. The number of methoxy groups -OCH3 is 1. The van der Waals surface area contributed by atoms with E-state index >= 15 is 0 Å². The Balaban J connectivity index is 2.70. The minimum atomic E-state index is -0.157. The molecule has 1 unspecified atom stereocenters. The molecule has 0 aromatic heterocycles. The van der Waals surface area contributed by atoms with Gasteiger partial charge in [0.25, 0.3) is 0 Å². The van der Waals surface area contributed by atoms with Crippen LogP contribution < -0.4 is 10.5 Å². The molecule has 3 nitrogen and oxygen atoms in total. The van der Waals surface area contributed by atoms with Gasteiger partial charge in [0.05, 0.1) is 11.6 Å². The molecule has 0 aliphatic carbocycles. The second-order valence-corrected chi connectivity index (χ2v) is 3.77. The Morgan fingerprint density at radius 2 is 2.20 bits per heavy atom. The lowest BCUT2D eigenvalue weighted by molar-refractivity contribution is 0.0861. The zero-order chi connectivity index (χ0) is 11.3. The van der Waals surface area contributed by atoms with Crippen molar-refractivity contribution in [3.63, 3.8) is 0 Å². The van der Waals surface area contributed by atoms with Gasteiger partial charge < -0.3 is 15.2 Å². The maximum absolute atomic E-state index is 6.02. The van der Waals surface area contributed by atoms with E-state index in [0.717, 1.165) is 5.56 Å². The fourth-order valence-electron chi connectivity index (χ4n) is 1.22. The summed E-state index contributed by atoms with van der Waals surface area (Å²) in [5.74, 6) is 0.648. The molecule has 0 spiro atoms. The number of hydrogen-bond acceptors (Lipinski definition) is 3. The maximum atomic E-state index is 6.02. The van der Waals surface area contributed by atoms with Gasteiger partial charge in [0.1, 0.15) is 11.9 Å².